The van der Waals surface area contributed by atoms with E-state index in [2.05, 4.69) is 15.6 Å². The third-order valence-corrected chi connectivity index (χ3v) is 6.25. The minimum atomic E-state index is -1.57. The number of amides is 2. The molecular weight excluding hydrogens is 486 g/mol. The molecule has 9 heteroatoms. The summed E-state index contributed by atoms with van der Waals surface area (Å²) in [4.78, 5) is 41.9. The zero-order valence-electron chi connectivity index (χ0n) is 20.9. The van der Waals surface area contributed by atoms with Crippen LogP contribution in [0.15, 0.2) is 95.7 Å². The number of benzene rings is 3. The Morgan fingerprint density at radius 2 is 1.61 bits per heavy atom. The van der Waals surface area contributed by atoms with Crippen LogP contribution in [0, 0.1) is 0 Å². The summed E-state index contributed by atoms with van der Waals surface area (Å²) in [7, 11) is 0. The van der Waals surface area contributed by atoms with Gasteiger partial charge in [-0.1, -0.05) is 79.7 Å². The third kappa shape index (κ3) is 5.57. The number of hydrogen-bond acceptors (Lipinski definition) is 6. The highest BCUT2D eigenvalue weighted by Gasteiger charge is 2.40. The van der Waals surface area contributed by atoms with Crippen LogP contribution in [0.25, 0.3) is 11.3 Å². The first-order valence-corrected chi connectivity index (χ1v) is 12.0. The fourth-order valence-corrected chi connectivity index (χ4v) is 4.08. The molecule has 9 nitrogen and oxygen atoms in total. The van der Waals surface area contributed by atoms with E-state index in [0.29, 0.717) is 16.8 Å². The van der Waals surface area contributed by atoms with E-state index in [0.717, 1.165) is 5.56 Å². The van der Waals surface area contributed by atoms with Crippen molar-refractivity contribution in [2.24, 2.45) is 0 Å². The summed E-state index contributed by atoms with van der Waals surface area (Å²) >= 11 is 0. The number of carbonyl (C=O) groups excluding carboxylic acids is 2. The van der Waals surface area contributed by atoms with Crippen molar-refractivity contribution in [1.29, 1.82) is 0 Å². The number of rotatable bonds is 9. The van der Waals surface area contributed by atoms with Gasteiger partial charge in [0.1, 0.15) is 11.8 Å². The lowest BCUT2D eigenvalue weighted by Gasteiger charge is -2.30. The predicted octanol–water partition coefficient (Wildman–Crippen LogP) is 5.77. The summed E-state index contributed by atoms with van der Waals surface area (Å²) in [5.74, 6) is -1.60. The zero-order valence-corrected chi connectivity index (χ0v) is 20.9. The van der Waals surface area contributed by atoms with Crippen LogP contribution in [0.1, 0.15) is 47.9 Å². The smallest absolute Gasteiger partial charge is 0.414 e. The molecule has 1 heterocycles. The molecule has 2 unspecified atom stereocenters. The highest BCUT2D eigenvalue weighted by atomic mass is 16.6. The Balaban J connectivity index is 1.47. The van der Waals surface area contributed by atoms with Crippen LogP contribution >= 0.6 is 0 Å². The summed E-state index contributed by atoms with van der Waals surface area (Å²) < 4.78 is 10.8. The maximum absolute atomic E-state index is 13.0. The van der Waals surface area contributed by atoms with E-state index in [9.17, 15) is 19.5 Å². The van der Waals surface area contributed by atoms with E-state index in [-0.39, 0.29) is 17.9 Å². The van der Waals surface area contributed by atoms with E-state index >= 15 is 0 Å². The second-order valence-corrected chi connectivity index (χ2v) is 8.57. The van der Waals surface area contributed by atoms with Crippen molar-refractivity contribution >= 4 is 23.9 Å². The van der Waals surface area contributed by atoms with Crippen LogP contribution in [-0.4, -0.2) is 28.1 Å². The number of aromatic nitrogens is 1. The number of aliphatic carboxylic acids is 1. The van der Waals surface area contributed by atoms with Crippen LogP contribution in [0.2, 0.25) is 0 Å². The van der Waals surface area contributed by atoms with Crippen LogP contribution in [0.3, 0.4) is 0 Å². The Labute approximate surface area is 219 Å². The van der Waals surface area contributed by atoms with E-state index in [1.807, 2.05) is 30.3 Å². The molecule has 194 valence electrons. The molecule has 0 saturated heterocycles. The molecule has 0 fully saturated rings. The Hall–Kier alpha value is -4.92. The topological polar surface area (TPSA) is 131 Å². The summed E-state index contributed by atoms with van der Waals surface area (Å²) in [6.07, 6.45) is 0.163. The lowest BCUT2D eigenvalue weighted by Crippen LogP contribution is -2.51. The fourth-order valence-electron chi connectivity index (χ4n) is 4.08. The standard InChI is InChI=1S/C29H27N3O6/c1-3-29(27(34)35,23-12-8-5-9-13-23)32-25(33)22-16-14-21(15-17-22)24-26(37-18-30-24)31-28(36)38-19(2)20-10-6-4-7-11-20/h4-19H,3H2,1-2H3,(H,31,36)(H,32,33)(H,34,35). The first kappa shape index (κ1) is 26.2. The Morgan fingerprint density at radius 3 is 2.21 bits per heavy atom. The van der Waals surface area contributed by atoms with Crippen LogP contribution in [-0.2, 0) is 15.1 Å². The monoisotopic (exact) mass is 513 g/mol. The molecule has 0 radical (unpaired) electrons. The largest absolute Gasteiger partial charge is 0.479 e. The minimum absolute atomic E-state index is 0.0902. The van der Waals surface area contributed by atoms with Crippen molar-refractivity contribution in [3.05, 3.63) is 108 Å². The number of carbonyl (C=O) groups is 3. The molecule has 0 bridgehead atoms. The number of carboxylic acid groups (broad SMARTS) is 1. The molecule has 2 amide bonds. The van der Waals surface area contributed by atoms with Crippen LogP contribution in [0.5, 0.6) is 0 Å². The molecule has 4 rings (SSSR count). The number of nitrogens with one attached hydrogen (secondary N) is 2. The van der Waals surface area contributed by atoms with E-state index in [1.165, 1.54) is 6.39 Å². The molecular formula is C29H27N3O6. The molecule has 4 aromatic rings. The van der Waals surface area contributed by atoms with Crippen molar-refractivity contribution in [2.45, 2.75) is 31.9 Å². The molecule has 38 heavy (non-hydrogen) atoms. The second kappa shape index (κ2) is 11.4. The molecule has 3 aromatic carbocycles. The van der Waals surface area contributed by atoms with Gasteiger partial charge >= 0.3 is 12.1 Å². The van der Waals surface area contributed by atoms with Crippen LogP contribution < -0.4 is 10.6 Å². The van der Waals surface area contributed by atoms with Gasteiger partial charge in [-0.2, -0.15) is 0 Å². The number of hydrogen-bond donors (Lipinski definition) is 3. The van der Waals surface area contributed by atoms with Crippen LogP contribution in [0.4, 0.5) is 10.7 Å². The Kier molecular flexibility index (Phi) is 7.86. The summed E-state index contributed by atoms with van der Waals surface area (Å²) in [5, 5.41) is 15.2. The van der Waals surface area contributed by atoms with Crippen molar-refractivity contribution in [1.82, 2.24) is 10.3 Å². The van der Waals surface area contributed by atoms with Gasteiger partial charge < -0.3 is 19.6 Å². The summed E-state index contributed by atoms with van der Waals surface area (Å²) in [6, 6.07) is 24.2. The Bertz CT molecular complexity index is 1400. The van der Waals surface area contributed by atoms with Gasteiger partial charge in [0.25, 0.3) is 5.91 Å². The lowest BCUT2D eigenvalue weighted by molar-refractivity contribution is -0.145. The van der Waals surface area contributed by atoms with E-state index in [4.69, 9.17) is 9.15 Å². The van der Waals surface area contributed by atoms with Gasteiger partial charge in [-0.25, -0.2) is 14.6 Å². The maximum Gasteiger partial charge on any atom is 0.414 e. The van der Waals surface area contributed by atoms with Gasteiger partial charge in [0.2, 0.25) is 5.88 Å². The van der Waals surface area contributed by atoms with Gasteiger partial charge in [0.05, 0.1) is 0 Å². The number of carboxylic acids is 1. The fraction of sp³-hybridized carbons (Fsp3) is 0.172. The number of ether oxygens (including phenoxy) is 1. The highest BCUT2D eigenvalue weighted by molar-refractivity contribution is 5.98. The normalized spacial score (nSPS) is 13.1. The van der Waals surface area contributed by atoms with Crippen molar-refractivity contribution in [3.63, 3.8) is 0 Å². The number of oxazole rings is 1. The average molecular weight is 514 g/mol. The van der Waals surface area contributed by atoms with Gasteiger partial charge in [-0.15, -0.1) is 0 Å². The average Bonchev–Trinajstić information content (AvgIpc) is 3.40. The quantitative estimate of drug-likeness (QED) is 0.259. The minimum Gasteiger partial charge on any atom is -0.479 e. The SMILES string of the molecule is CCC(NC(=O)c1ccc(-c2ncoc2NC(=O)OC(C)c2ccccc2)cc1)(C(=O)O)c1ccccc1. The first-order chi connectivity index (χ1) is 18.3. The van der Waals surface area contributed by atoms with Gasteiger partial charge in [-0.3, -0.25) is 10.1 Å². The number of nitrogens with zero attached hydrogens (tertiary/aromatic N) is 1. The molecule has 0 saturated carbocycles. The molecule has 3 N–H and O–H groups in total. The maximum atomic E-state index is 13.0. The van der Waals surface area contributed by atoms with Gasteiger partial charge in [0.15, 0.2) is 11.9 Å². The molecule has 0 spiro atoms. The molecule has 0 aliphatic carbocycles. The zero-order chi connectivity index (χ0) is 27.1. The van der Waals surface area contributed by atoms with Crippen molar-refractivity contribution in [3.8, 4) is 11.3 Å². The molecule has 2 atom stereocenters. The first-order valence-electron chi connectivity index (χ1n) is 12.0. The van der Waals surface area contributed by atoms with Gasteiger partial charge in [-0.05, 0) is 36.6 Å². The summed E-state index contributed by atoms with van der Waals surface area (Å²) in [5.41, 5.74) is 0.933. The predicted molar refractivity (Wildman–Crippen MR) is 140 cm³/mol. The molecule has 0 aliphatic rings. The third-order valence-electron chi connectivity index (χ3n) is 6.25. The second-order valence-electron chi connectivity index (χ2n) is 8.57. The Morgan fingerprint density at radius 1 is 0.974 bits per heavy atom. The molecule has 0 aliphatic heterocycles. The van der Waals surface area contributed by atoms with E-state index < -0.39 is 29.6 Å². The highest BCUT2D eigenvalue weighted by Crippen LogP contribution is 2.29. The number of anilines is 1. The lowest BCUT2D eigenvalue weighted by atomic mass is 9.87. The van der Waals surface area contributed by atoms with Crippen molar-refractivity contribution < 1.29 is 28.6 Å². The van der Waals surface area contributed by atoms with E-state index in [1.54, 1.807) is 68.4 Å². The van der Waals surface area contributed by atoms with Gasteiger partial charge in [0, 0.05) is 11.1 Å². The molecule has 1 aromatic heterocycles. The van der Waals surface area contributed by atoms with Crippen molar-refractivity contribution in [2.75, 3.05) is 5.32 Å². The summed E-state index contributed by atoms with van der Waals surface area (Å²) in [6.45, 7) is 3.46.